The average molecular weight is 272 g/mol. The summed E-state index contributed by atoms with van der Waals surface area (Å²) in [6.45, 7) is 6.70. The molecule has 1 aromatic heterocycles. The van der Waals surface area contributed by atoms with E-state index < -0.39 is 0 Å². The van der Waals surface area contributed by atoms with Crippen LogP contribution in [-0.4, -0.2) is 35.2 Å². The molecule has 1 aliphatic rings. The standard InChI is InChI=1S/C16H20N2O2/c1-12-11-19-13(2)9-18(12)10-16-17-8-15(20-16)14-6-4-3-5-7-14/h3-8,12-13H,9-11H2,1-2H3/t12-,13-/m1/s1. The van der Waals surface area contributed by atoms with Crippen molar-refractivity contribution in [2.45, 2.75) is 32.5 Å². The summed E-state index contributed by atoms with van der Waals surface area (Å²) in [6, 6.07) is 10.5. The van der Waals surface area contributed by atoms with Crippen molar-refractivity contribution in [1.82, 2.24) is 9.88 Å². The highest BCUT2D eigenvalue weighted by molar-refractivity contribution is 5.55. The molecule has 1 saturated heterocycles. The molecule has 4 nitrogen and oxygen atoms in total. The van der Waals surface area contributed by atoms with Crippen molar-refractivity contribution in [2.24, 2.45) is 0 Å². The van der Waals surface area contributed by atoms with Gasteiger partial charge in [-0.2, -0.15) is 0 Å². The third-order valence-electron chi connectivity index (χ3n) is 3.69. The lowest BCUT2D eigenvalue weighted by atomic mass is 10.2. The van der Waals surface area contributed by atoms with Gasteiger partial charge in [0.15, 0.2) is 5.76 Å². The Morgan fingerprint density at radius 2 is 2.05 bits per heavy atom. The highest BCUT2D eigenvalue weighted by Crippen LogP contribution is 2.21. The average Bonchev–Trinajstić information content (AvgIpc) is 2.92. The van der Waals surface area contributed by atoms with Gasteiger partial charge < -0.3 is 9.15 Å². The summed E-state index contributed by atoms with van der Waals surface area (Å²) < 4.78 is 11.5. The zero-order chi connectivity index (χ0) is 13.9. The fraction of sp³-hybridized carbons (Fsp3) is 0.438. The van der Waals surface area contributed by atoms with Crippen LogP contribution in [-0.2, 0) is 11.3 Å². The molecule has 0 bridgehead atoms. The van der Waals surface area contributed by atoms with E-state index in [0.717, 1.165) is 36.9 Å². The summed E-state index contributed by atoms with van der Waals surface area (Å²) in [5, 5.41) is 0. The highest BCUT2D eigenvalue weighted by Gasteiger charge is 2.24. The van der Waals surface area contributed by atoms with Crippen molar-refractivity contribution < 1.29 is 9.15 Å². The second-order valence-corrected chi connectivity index (χ2v) is 5.41. The van der Waals surface area contributed by atoms with Crippen molar-refractivity contribution >= 4 is 0 Å². The maximum atomic E-state index is 5.86. The second-order valence-electron chi connectivity index (χ2n) is 5.41. The summed E-state index contributed by atoms with van der Waals surface area (Å²) in [6.07, 6.45) is 2.08. The number of hydrogen-bond acceptors (Lipinski definition) is 4. The zero-order valence-corrected chi connectivity index (χ0v) is 12.0. The molecular formula is C16H20N2O2. The minimum atomic E-state index is 0.273. The number of nitrogens with zero attached hydrogens (tertiary/aromatic N) is 2. The van der Waals surface area contributed by atoms with Crippen LogP contribution in [0.25, 0.3) is 11.3 Å². The Labute approximate surface area is 119 Å². The Hall–Kier alpha value is -1.65. The van der Waals surface area contributed by atoms with E-state index in [9.17, 15) is 0 Å². The number of rotatable bonds is 3. The van der Waals surface area contributed by atoms with E-state index in [1.165, 1.54) is 0 Å². The van der Waals surface area contributed by atoms with E-state index >= 15 is 0 Å². The quantitative estimate of drug-likeness (QED) is 0.861. The summed E-state index contributed by atoms with van der Waals surface area (Å²) in [5.41, 5.74) is 1.06. The fourth-order valence-electron chi connectivity index (χ4n) is 2.49. The molecule has 0 saturated carbocycles. The second kappa shape index (κ2) is 5.77. The van der Waals surface area contributed by atoms with E-state index in [1.807, 2.05) is 30.3 Å². The largest absolute Gasteiger partial charge is 0.439 e. The molecular weight excluding hydrogens is 252 g/mol. The molecule has 0 N–H and O–H groups in total. The summed E-state index contributed by atoms with van der Waals surface area (Å²) in [4.78, 5) is 6.75. The van der Waals surface area contributed by atoms with Gasteiger partial charge in [-0.05, 0) is 13.8 Å². The molecule has 20 heavy (non-hydrogen) atoms. The van der Waals surface area contributed by atoms with Crippen molar-refractivity contribution in [3.8, 4) is 11.3 Å². The van der Waals surface area contributed by atoms with E-state index in [1.54, 1.807) is 6.20 Å². The van der Waals surface area contributed by atoms with Gasteiger partial charge in [-0.15, -0.1) is 0 Å². The van der Waals surface area contributed by atoms with Gasteiger partial charge >= 0.3 is 0 Å². The molecule has 0 amide bonds. The lowest BCUT2D eigenvalue weighted by molar-refractivity contribution is -0.0550. The molecule has 0 aliphatic carbocycles. The van der Waals surface area contributed by atoms with Gasteiger partial charge in [0.1, 0.15) is 0 Å². The highest BCUT2D eigenvalue weighted by atomic mass is 16.5. The number of ether oxygens (including phenoxy) is 1. The molecule has 106 valence electrons. The Kier molecular flexibility index (Phi) is 3.85. The molecule has 1 aromatic carbocycles. The Morgan fingerprint density at radius 1 is 1.25 bits per heavy atom. The van der Waals surface area contributed by atoms with Gasteiger partial charge in [-0.3, -0.25) is 4.90 Å². The van der Waals surface area contributed by atoms with E-state index in [4.69, 9.17) is 9.15 Å². The number of oxazole rings is 1. The van der Waals surface area contributed by atoms with E-state index in [2.05, 4.69) is 23.7 Å². The number of benzene rings is 1. The van der Waals surface area contributed by atoms with Crippen LogP contribution in [0.4, 0.5) is 0 Å². The van der Waals surface area contributed by atoms with Gasteiger partial charge in [0.05, 0.1) is 25.5 Å². The molecule has 0 radical (unpaired) electrons. The SMILES string of the molecule is C[C@@H]1CN(Cc2ncc(-c3ccccc3)o2)[C@H](C)CO1. The molecule has 2 atom stereocenters. The maximum Gasteiger partial charge on any atom is 0.209 e. The first-order valence-corrected chi connectivity index (χ1v) is 7.08. The van der Waals surface area contributed by atoms with Gasteiger partial charge in [-0.1, -0.05) is 30.3 Å². The topological polar surface area (TPSA) is 38.5 Å². The van der Waals surface area contributed by atoms with E-state index in [0.29, 0.717) is 6.04 Å². The van der Waals surface area contributed by atoms with Gasteiger partial charge in [0.25, 0.3) is 0 Å². The summed E-state index contributed by atoms with van der Waals surface area (Å²) in [5.74, 6) is 1.60. The third-order valence-corrected chi connectivity index (χ3v) is 3.69. The predicted molar refractivity (Wildman–Crippen MR) is 77.2 cm³/mol. The molecule has 2 heterocycles. The maximum absolute atomic E-state index is 5.86. The molecule has 1 fully saturated rings. The lowest BCUT2D eigenvalue weighted by Crippen LogP contribution is -2.46. The van der Waals surface area contributed by atoms with Crippen molar-refractivity contribution in [3.05, 3.63) is 42.4 Å². The first-order valence-electron chi connectivity index (χ1n) is 7.08. The molecule has 0 spiro atoms. The Morgan fingerprint density at radius 3 is 2.85 bits per heavy atom. The van der Waals surface area contributed by atoms with Gasteiger partial charge in [0.2, 0.25) is 5.89 Å². The first kappa shape index (κ1) is 13.3. The number of morpholine rings is 1. The van der Waals surface area contributed by atoms with Crippen LogP contribution in [0.15, 0.2) is 40.9 Å². The van der Waals surface area contributed by atoms with E-state index in [-0.39, 0.29) is 6.10 Å². The molecule has 2 aromatic rings. The monoisotopic (exact) mass is 272 g/mol. The summed E-state index contributed by atoms with van der Waals surface area (Å²) in [7, 11) is 0. The summed E-state index contributed by atoms with van der Waals surface area (Å²) >= 11 is 0. The Balaban J connectivity index is 1.71. The van der Waals surface area contributed by atoms with Gasteiger partial charge in [0, 0.05) is 18.2 Å². The third kappa shape index (κ3) is 2.92. The van der Waals surface area contributed by atoms with Crippen LogP contribution < -0.4 is 0 Å². The van der Waals surface area contributed by atoms with Crippen molar-refractivity contribution in [3.63, 3.8) is 0 Å². The van der Waals surface area contributed by atoms with Crippen LogP contribution in [0.1, 0.15) is 19.7 Å². The van der Waals surface area contributed by atoms with Crippen LogP contribution in [0.5, 0.6) is 0 Å². The molecule has 3 rings (SSSR count). The number of hydrogen-bond donors (Lipinski definition) is 0. The van der Waals surface area contributed by atoms with Crippen LogP contribution in [0, 0.1) is 0 Å². The Bertz CT molecular complexity index is 553. The van der Waals surface area contributed by atoms with Crippen LogP contribution in [0.3, 0.4) is 0 Å². The fourth-order valence-corrected chi connectivity index (χ4v) is 2.49. The first-order chi connectivity index (χ1) is 9.72. The van der Waals surface area contributed by atoms with Crippen LogP contribution >= 0.6 is 0 Å². The molecule has 1 aliphatic heterocycles. The molecule has 0 unspecified atom stereocenters. The minimum absolute atomic E-state index is 0.273. The molecule has 4 heteroatoms. The predicted octanol–water partition coefficient (Wildman–Crippen LogP) is 2.95. The zero-order valence-electron chi connectivity index (χ0n) is 12.0. The normalized spacial score (nSPS) is 23.9. The minimum Gasteiger partial charge on any atom is -0.439 e. The lowest BCUT2D eigenvalue weighted by Gasteiger charge is -2.35. The van der Waals surface area contributed by atoms with Crippen molar-refractivity contribution in [2.75, 3.05) is 13.2 Å². The van der Waals surface area contributed by atoms with Gasteiger partial charge in [-0.25, -0.2) is 4.98 Å². The smallest absolute Gasteiger partial charge is 0.209 e. The number of aromatic nitrogens is 1. The van der Waals surface area contributed by atoms with Crippen LogP contribution in [0.2, 0.25) is 0 Å². The van der Waals surface area contributed by atoms with Crippen molar-refractivity contribution in [1.29, 1.82) is 0 Å².